The second-order valence-corrected chi connectivity index (χ2v) is 6.99. The molecule has 4 fully saturated rings. The maximum Gasteiger partial charge on any atom is 0.103 e. The third-order valence-corrected chi connectivity index (χ3v) is 5.54. The number of hydrogen-bond donors (Lipinski definition) is 1. The largest absolute Gasteiger partial charge is 0.346 e. The molecule has 2 heteroatoms. The van der Waals surface area contributed by atoms with Crippen LogP contribution in [0, 0.1) is 31.6 Å². The van der Waals surface area contributed by atoms with Gasteiger partial charge in [-0.2, -0.15) is 0 Å². The van der Waals surface area contributed by atoms with Gasteiger partial charge in [0.2, 0.25) is 0 Å². The van der Waals surface area contributed by atoms with Gasteiger partial charge in [0, 0.05) is 11.1 Å². The van der Waals surface area contributed by atoms with Crippen LogP contribution < -0.4 is 0 Å². The number of aromatic amines is 1. The second-order valence-electron chi connectivity index (χ2n) is 6.99. The van der Waals surface area contributed by atoms with Crippen molar-refractivity contribution in [3.8, 4) is 0 Å². The van der Waals surface area contributed by atoms with Crippen molar-refractivity contribution in [3.63, 3.8) is 0 Å². The predicted octanol–water partition coefficient (Wildman–Crippen LogP) is 3.49. The summed E-state index contributed by atoms with van der Waals surface area (Å²) < 4.78 is 0. The smallest absolute Gasteiger partial charge is 0.103 e. The highest BCUT2D eigenvalue weighted by Gasteiger charge is 2.53. The number of rotatable bonds is 1. The zero-order chi connectivity index (χ0) is 11.6. The van der Waals surface area contributed by atoms with Crippen LogP contribution in [0.3, 0.4) is 0 Å². The molecule has 17 heavy (non-hydrogen) atoms. The highest BCUT2D eigenvalue weighted by atomic mass is 14.9. The van der Waals surface area contributed by atoms with Crippen LogP contribution in [0.1, 0.15) is 55.7 Å². The first-order valence-corrected chi connectivity index (χ1v) is 7.18. The molecule has 1 N–H and O–H groups in total. The fourth-order valence-corrected chi connectivity index (χ4v) is 5.53. The lowest BCUT2D eigenvalue weighted by atomic mass is 9.48. The summed E-state index contributed by atoms with van der Waals surface area (Å²) in [6.07, 6.45) is 8.81. The van der Waals surface area contributed by atoms with E-state index in [-0.39, 0.29) is 0 Å². The molecule has 0 aromatic carbocycles. The lowest BCUT2D eigenvalue weighted by Gasteiger charge is -2.56. The van der Waals surface area contributed by atoms with Gasteiger partial charge in [-0.15, -0.1) is 0 Å². The predicted molar refractivity (Wildman–Crippen MR) is 67.9 cm³/mol. The van der Waals surface area contributed by atoms with Crippen LogP contribution in [0.2, 0.25) is 0 Å². The molecule has 0 spiro atoms. The summed E-state index contributed by atoms with van der Waals surface area (Å²) in [4.78, 5) is 8.27. The average molecular weight is 230 g/mol. The van der Waals surface area contributed by atoms with Crippen molar-refractivity contribution in [1.82, 2.24) is 9.97 Å². The van der Waals surface area contributed by atoms with Gasteiger partial charge in [-0.05, 0) is 70.1 Å². The lowest BCUT2D eigenvalue weighted by Crippen LogP contribution is -2.49. The quantitative estimate of drug-likeness (QED) is 0.786. The second kappa shape index (κ2) is 3.15. The van der Waals surface area contributed by atoms with E-state index in [1.807, 2.05) is 0 Å². The molecule has 1 aromatic heterocycles. The Labute approximate surface area is 103 Å². The minimum Gasteiger partial charge on any atom is -0.346 e. The summed E-state index contributed by atoms with van der Waals surface area (Å²) in [6.45, 7) is 4.31. The molecule has 92 valence electrons. The van der Waals surface area contributed by atoms with Crippen LogP contribution in [0.15, 0.2) is 0 Å². The molecule has 0 unspecified atom stereocenters. The topological polar surface area (TPSA) is 28.7 Å². The molecule has 1 aromatic rings. The van der Waals surface area contributed by atoms with Crippen LogP contribution in [0.4, 0.5) is 0 Å². The maximum absolute atomic E-state index is 4.84. The fourth-order valence-electron chi connectivity index (χ4n) is 5.53. The monoisotopic (exact) mass is 230 g/mol. The van der Waals surface area contributed by atoms with Gasteiger partial charge < -0.3 is 4.98 Å². The average Bonchev–Trinajstić information content (AvgIpc) is 2.56. The number of nitrogens with one attached hydrogen (secondary N) is 1. The molecule has 4 bridgehead atoms. The molecule has 0 atom stereocenters. The molecule has 5 rings (SSSR count). The van der Waals surface area contributed by atoms with Gasteiger partial charge >= 0.3 is 0 Å². The third kappa shape index (κ3) is 1.36. The van der Waals surface area contributed by atoms with Crippen molar-refractivity contribution in [1.29, 1.82) is 0 Å². The molecule has 2 nitrogen and oxygen atoms in total. The molecule has 0 aliphatic heterocycles. The Morgan fingerprint density at radius 1 is 1.00 bits per heavy atom. The highest BCUT2D eigenvalue weighted by molar-refractivity contribution is 5.27. The minimum absolute atomic E-state index is 0.462. The summed E-state index contributed by atoms with van der Waals surface area (Å²) in [6, 6.07) is 0. The molecule has 0 saturated heterocycles. The molecule has 4 saturated carbocycles. The maximum atomic E-state index is 4.84. The van der Waals surface area contributed by atoms with Gasteiger partial charge in [0.05, 0.1) is 5.69 Å². The van der Waals surface area contributed by atoms with E-state index in [9.17, 15) is 0 Å². The van der Waals surface area contributed by atoms with E-state index in [0.29, 0.717) is 5.41 Å². The summed E-state index contributed by atoms with van der Waals surface area (Å²) in [5.74, 6) is 4.14. The van der Waals surface area contributed by atoms with Crippen molar-refractivity contribution in [3.05, 3.63) is 17.2 Å². The summed E-state index contributed by atoms with van der Waals surface area (Å²) in [5.41, 5.74) is 3.22. The van der Waals surface area contributed by atoms with E-state index in [0.717, 1.165) is 23.6 Å². The van der Waals surface area contributed by atoms with Gasteiger partial charge in [-0.1, -0.05) is 0 Å². The minimum atomic E-state index is 0.462. The van der Waals surface area contributed by atoms with Gasteiger partial charge in [-0.25, -0.2) is 4.98 Å². The van der Waals surface area contributed by atoms with Crippen molar-refractivity contribution in [2.75, 3.05) is 0 Å². The standard InChI is InChI=1S/C15H22N2/c1-9-14(17-10(2)16-9)15-6-11-3-12(7-15)5-13(4-11)8-15/h11-13H,3-8H2,1-2H3,(H,16,17). The van der Waals surface area contributed by atoms with E-state index < -0.39 is 0 Å². The van der Waals surface area contributed by atoms with Crippen LogP contribution in [-0.4, -0.2) is 9.97 Å². The zero-order valence-corrected chi connectivity index (χ0v) is 10.9. The highest BCUT2D eigenvalue weighted by Crippen LogP contribution is 2.60. The van der Waals surface area contributed by atoms with Crippen molar-refractivity contribution >= 4 is 0 Å². The van der Waals surface area contributed by atoms with Crippen LogP contribution in [-0.2, 0) is 5.41 Å². The van der Waals surface area contributed by atoms with E-state index in [4.69, 9.17) is 4.98 Å². The van der Waals surface area contributed by atoms with Gasteiger partial charge in [0.1, 0.15) is 5.82 Å². The molecule has 4 aliphatic carbocycles. The third-order valence-electron chi connectivity index (χ3n) is 5.54. The Balaban J connectivity index is 1.79. The van der Waals surface area contributed by atoms with E-state index >= 15 is 0 Å². The van der Waals surface area contributed by atoms with Gasteiger partial charge in [-0.3, -0.25) is 0 Å². The van der Waals surface area contributed by atoms with Crippen LogP contribution in [0.5, 0.6) is 0 Å². The van der Waals surface area contributed by atoms with Gasteiger partial charge in [0.25, 0.3) is 0 Å². The Bertz CT molecular complexity index is 422. The fraction of sp³-hybridized carbons (Fsp3) is 0.800. The zero-order valence-electron chi connectivity index (χ0n) is 10.9. The Morgan fingerprint density at radius 2 is 1.53 bits per heavy atom. The van der Waals surface area contributed by atoms with E-state index in [1.165, 1.54) is 49.9 Å². The molecular weight excluding hydrogens is 208 g/mol. The molecule has 1 heterocycles. The first-order valence-electron chi connectivity index (χ1n) is 7.18. The first-order chi connectivity index (χ1) is 8.14. The Kier molecular flexibility index (Phi) is 1.88. The summed E-state index contributed by atoms with van der Waals surface area (Å²) in [7, 11) is 0. The number of imidazole rings is 1. The number of nitrogens with zero attached hydrogens (tertiary/aromatic N) is 1. The number of aromatic nitrogens is 2. The Morgan fingerprint density at radius 3 is 1.94 bits per heavy atom. The molecule has 0 radical (unpaired) electrons. The summed E-state index contributed by atoms with van der Waals surface area (Å²) >= 11 is 0. The lowest BCUT2D eigenvalue weighted by molar-refractivity contribution is -0.00734. The van der Waals surface area contributed by atoms with Crippen LogP contribution >= 0.6 is 0 Å². The normalized spacial score (nSPS) is 43.3. The first kappa shape index (κ1) is 10.2. The molecule has 4 aliphatic rings. The van der Waals surface area contributed by atoms with Crippen molar-refractivity contribution in [2.45, 2.75) is 57.8 Å². The molecule has 0 amide bonds. The Hall–Kier alpha value is -0.790. The summed E-state index contributed by atoms with van der Waals surface area (Å²) in [5, 5.41) is 0. The van der Waals surface area contributed by atoms with Crippen molar-refractivity contribution in [2.24, 2.45) is 17.8 Å². The van der Waals surface area contributed by atoms with Gasteiger partial charge in [0.15, 0.2) is 0 Å². The van der Waals surface area contributed by atoms with E-state index in [2.05, 4.69) is 18.8 Å². The number of hydrogen-bond acceptors (Lipinski definition) is 1. The molecular formula is C15H22N2. The SMILES string of the molecule is Cc1nc(C23CC4CC(CC(C4)C2)C3)c(C)[nH]1. The van der Waals surface area contributed by atoms with E-state index in [1.54, 1.807) is 0 Å². The van der Waals surface area contributed by atoms with Crippen molar-refractivity contribution < 1.29 is 0 Å². The number of aryl methyl sites for hydroxylation is 2. The van der Waals surface area contributed by atoms with Crippen LogP contribution in [0.25, 0.3) is 0 Å². The number of H-pyrrole nitrogens is 1.